The molecule has 61 heavy (non-hydrogen) atoms. The zero-order valence-corrected chi connectivity index (χ0v) is 42.8. The van der Waals surface area contributed by atoms with Crippen molar-refractivity contribution in [1.29, 1.82) is 0 Å². The molecule has 354 valence electrons. The molecule has 15 atom stereocenters. The lowest BCUT2D eigenvalue weighted by molar-refractivity contribution is -0.370. The topological polar surface area (TPSA) is 215 Å². The van der Waals surface area contributed by atoms with Gasteiger partial charge in [0, 0.05) is 4.90 Å². The molecule has 7 N–H and O–H groups in total. The summed E-state index contributed by atoms with van der Waals surface area (Å²) in [6.45, 7) is 30.8. The first-order valence-electron chi connectivity index (χ1n) is 21.5. The monoisotopic (exact) mass is 938 g/mol. The summed E-state index contributed by atoms with van der Waals surface area (Å²) in [5.41, 5.74) is -0.900. The zero-order valence-electron chi connectivity index (χ0n) is 39.0. The standard InChI is InChI=1S/C42H78O15SSi3/c1-40(2,3)59(10,11)50-21-25-28(43)29(44)32(47)37(53-25)56-35-26(22-51-60(12,13)41(4,5)6)54-38(33(48)30(35)45)57-36-27(23-52-61(14,15)42(7,8)9)55-39(34(49)31(36)46)58-24-19-17-16-18-20-24/h16-20,25-39,43-49H,21-23H2,1-15H3/t25-,26-,27-,28-,29+,30-,31-,32-,33-,34-,35-,36-,37-,38-,39+/m1/s1. The van der Waals surface area contributed by atoms with E-state index >= 15 is 0 Å². The number of ether oxygens (including phenoxy) is 5. The molecule has 1 aromatic rings. The third-order valence-corrected chi connectivity index (χ3v) is 28.4. The number of hydrogen-bond acceptors (Lipinski definition) is 16. The Morgan fingerprint density at radius 1 is 0.475 bits per heavy atom. The Labute approximate surface area is 371 Å². The van der Waals surface area contributed by atoms with Crippen LogP contribution in [0.4, 0.5) is 0 Å². The number of aliphatic hydroxyl groups is 7. The average molecular weight is 939 g/mol. The highest BCUT2D eigenvalue weighted by Crippen LogP contribution is 2.42. The van der Waals surface area contributed by atoms with E-state index in [9.17, 15) is 35.7 Å². The largest absolute Gasteiger partial charge is 0.414 e. The second-order valence-corrected chi connectivity index (χ2v) is 37.0. The summed E-state index contributed by atoms with van der Waals surface area (Å²) >= 11 is 1.25. The average Bonchev–Trinajstić information content (AvgIpc) is 3.14. The Morgan fingerprint density at radius 3 is 1.26 bits per heavy atom. The van der Waals surface area contributed by atoms with Crippen LogP contribution in [0, 0.1) is 0 Å². The summed E-state index contributed by atoms with van der Waals surface area (Å²) in [6, 6.07) is 9.35. The Hall–Kier alpha value is -0.379. The highest BCUT2D eigenvalue weighted by molar-refractivity contribution is 7.99. The van der Waals surface area contributed by atoms with Gasteiger partial charge in [0.25, 0.3) is 0 Å². The second-order valence-electron chi connectivity index (χ2n) is 21.4. The van der Waals surface area contributed by atoms with E-state index in [1.807, 2.05) is 56.5 Å². The van der Waals surface area contributed by atoms with Gasteiger partial charge in [0.05, 0.1) is 19.8 Å². The summed E-state index contributed by atoms with van der Waals surface area (Å²) < 4.78 is 51.0. The van der Waals surface area contributed by atoms with E-state index < -0.39 is 116 Å². The summed E-state index contributed by atoms with van der Waals surface area (Å²) in [5.74, 6) is 0. The summed E-state index contributed by atoms with van der Waals surface area (Å²) in [4.78, 5) is 0.815. The lowest BCUT2D eigenvalue weighted by Gasteiger charge is -2.49. The van der Waals surface area contributed by atoms with Crippen molar-refractivity contribution in [1.82, 2.24) is 0 Å². The molecule has 3 heterocycles. The summed E-state index contributed by atoms with van der Waals surface area (Å²) in [6.07, 6.45) is -20.5. The number of hydrogen-bond donors (Lipinski definition) is 7. The van der Waals surface area contributed by atoms with Gasteiger partial charge in [-0.05, 0) is 66.5 Å². The van der Waals surface area contributed by atoms with Crippen molar-refractivity contribution < 1.29 is 72.7 Å². The Morgan fingerprint density at radius 2 is 0.836 bits per heavy atom. The van der Waals surface area contributed by atoms with Crippen LogP contribution in [0.25, 0.3) is 0 Å². The van der Waals surface area contributed by atoms with Crippen molar-refractivity contribution in [2.45, 2.75) is 213 Å². The number of benzene rings is 1. The third-order valence-electron chi connectivity index (χ3n) is 13.8. The minimum atomic E-state index is -2.47. The summed E-state index contributed by atoms with van der Waals surface area (Å²) in [7, 11) is -7.17. The molecule has 3 fully saturated rings. The van der Waals surface area contributed by atoms with Gasteiger partial charge in [-0.1, -0.05) is 92.3 Å². The Bertz CT molecular complexity index is 1520. The van der Waals surface area contributed by atoms with E-state index in [2.05, 4.69) is 75.4 Å². The van der Waals surface area contributed by atoms with E-state index in [0.29, 0.717) is 0 Å². The van der Waals surface area contributed by atoms with Crippen molar-refractivity contribution in [2.24, 2.45) is 0 Å². The van der Waals surface area contributed by atoms with Crippen molar-refractivity contribution in [3.63, 3.8) is 0 Å². The minimum Gasteiger partial charge on any atom is -0.414 e. The van der Waals surface area contributed by atoms with E-state index in [-0.39, 0.29) is 34.9 Å². The fourth-order valence-electron chi connectivity index (χ4n) is 6.26. The predicted molar refractivity (Wildman–Crippen MR) is 240 cm³/mol. The van der Waals surface area contributed by atoms with Gasteiger partial charge in [0.15, 0.2) is 37.5 Å². The minimum absolute atomic E-state index is 0.00278. The number of rotatable bonds is 15. The van der Waals surface area contributed by atoms with Crippen molar-refractivity contribution in [3.05, 3.63) is 30.3 Å². The van der Waals surface area contributed by atoms with Crippen LogP contribution >= 0.6 is 11.8 Å². The normalized spacial score (nSPS) is 36.3. The van der Waals surface area contributed by atoms with Crippen LogP contribution in [-0.4, -0.2) is 172 Å². The smallest absolute Gasteiger partial charge is 0.192 e. The van der Waals surface area contributed by atoms with Gasteiger partial charge in [0.1, 0.15) is 78.7 Å². The van der Waals surface area contributed by atoms with E-state index in [0.717, 1.165) is 4.90 Å². The van der Waals surface area contributed by atoms with Crippen molar-refractivity contribution in [3.8, 4) is 0 Å². The second kappa shape index (κ2) is 20.2. The molecule has 0 aromatic heterocycles. The van der Waals surface area contributed by atoms with Crippen LogP contribution < -0.4 is 0 Å². The molecular weight excluding hydrogens is 861 g/mol. The molecule has 3 saturated heterocycles. The van der Waals surface area contributed by atoms with Gasteiger partial charge in [0.2, 0.25) is 0 Å². The van der Waals surface area contributed by atoms with Crippen LogP contribution in [0.1, 0.15) is 62.3 Å². The lowest BCUT2D eigenvalue weighted by atomic mass is 9.96. The maximum absolute atomic E-state index is 11.9. The van der Waals surface area contributed by atoms with Gasteiger partial charge in [-0.3, -0.25) is 0 Å². The van der Waals surface area contributed by atoms with Crippen molar-refractivity contribution in [2.75, 3.05) is 19.8 Å². The third kappa shape index (κ3) is 12.7. The fourth-order valence-corrected chi connectivity index (χ4v) is 10.4. The highest BCUT2D eigenvalue weighted by atomic mass is 32.2. The Balaban J connectivity index is 1.63. The first-order chi connectivity index (χ1) is 27.8. The molecule has 0 spiro atoms. The molecule has 0 aliphatic carbocycles. The molecule has 15 nitrogen and oxygen atoms in total. The number of thioether (sulfide) groups is 1. The molecule has 0 saturated carbocycles. The highest BCUT2D eigenvalue weighted by Gasteiger charge is 2.55. The van der Waals surface area contributed by atoms with Crippen molar-refractivity contribution >= 4 is 36.7 Å². The van der Waals surface area contributed by atoms with Gasteiger partial charge >= 0.3 is 0 Å². The molecule has 3 aliphatic rings. The van der Waals surface area contributed by atoms with Gasteiger partial charge < -0.3 is 72.7 Å². The molecule has 1 aromatic carbocycles. The Kier molecular flexibility index (Phi) is 17.7. The maximum Gasteiger partial charge on any atom is 0.192 e. The zero-order chi connectivity index (χ0) is 46.3. The van der Waals surface area contributed by atoms with Crippen LogP contribution in [0.5, 0.6) is 0 Å². The van der Waals surface area contributed by atoms with Gasteiger partial charge in [-0.25, -0.2) is 0 Å². The predicted octanol–water partition coefficient (Wildman–Crippen LogP) is 4.32. The molecule has 0 amide bonds. The van der Waals surface area contributed by atoms with E-state index in [4.69, 9.17) is 37.0 Å². The summed E-state index contributed by atoms with van der Waals surface area (Å²) in [5, 5.41) is 79.3. The number of aliphatic hydroxyl groups excluding tert-OH is 7. The van der Waals surface area contributed by atoms with Crippen LogP contribution in [0.3, 0.4) is 0 Å². The van der Waals surface area contributed by atoms with Crippen LogP contribution in [-0.2, 0) is 37.0 Å². The molecule has 3 aliphatic heterocycles. The van der Waals surface area contributed by atoms with Gasteiger partial charge in [-0.15, -0.1) is 0 Å². The quantitative estimate of drug-likeness (QED) is 0.122. The van der Waals surface area contributed by atoms with E-state index in [1.54, 1.807) is 0 Å². The molecule has 4 rings (SSSR count). The molecule has 19 heteroatoms. The lowest BCUT2D eigenvalue weighted by Crippen LogP contribution is -2.67. The fraction of sp³-hybridized carbons (Fsp3) is 0.857. The van der Waals surface area contributed by atoms with Gasteiger partial charge in [-0.2, -0.15) is 0 Å². The maximum atomic E-state index is 11.9. The SMILES string of the molecule is CC(C)(C)[Si](C)(C)OC[C@H]1O[C@H](O[C@H]2[C@H](O)[C@@H](O)[C@@H](O[C@H]3[C@H](O)[C@@H](O)[C@H](Sc4ccccc4)O[C@@H]3CO[Si](C)(C)C(C)(C)C)O[C@@H]2CO[Si](C)(C)C(C)(C)C)[C@H](O)[C@@H](O)[C@@H]1O. The molecule has 0 bridgehead atoms. The molecule has 0 radical (unpaired) electrons. The van der Waals surface area contributed by atoms with Crippen LogP contribution in [0.15, 0.2) is 35.2 Å². The molecular formula is C42H78O15SSi3. The van der Waals surface area contributed by atoms with Crippen LogP contribution in [0.2, 0.25) is 54.4 Å². The molecule has 0 unspecified atom stereocenters. The first-order valence-corrected chi connectivity index (χ1v) is 31.1. The first kappa shape index (κ1) is 53.2. The van der Waals surface area contributed by atoms with E-state index in [1.165, 1.54) is 11.8 Å².